The van der Waals surface area contributed by atoms with Crippen LogP contribution in [-0.2, 0) is 32.1 Å². The van der Waals surface area contributed by atoms with E-state index in [1.807, 2.05) is 74.5 Å². The maximum absolute atomic E-state index is 12.6. The molecule has 0 radical (unpaired) electrons. The van der Waals surface area contributed by atoms with Gasteiger partial charge in [-0.3, -0.25) is 9.59 Å². The number of aldehydes is 1. The minimum Gasteiger partial charge on any atom is -0.367 e. The van der Waals surface area contributed by atoms with Crippen LogP contribution in [0.25, 0.3) is 0 Å². The minimum atomic E-state index is -0.749. The molecule has 6 heteroatoms. The Kier molecular flexibility index (Phi) is 9.05. The van der Waals surface area contributed by atoms with Gasteiger partial charge in [0, 0.05) is 0 Å². The van der Waals surface area contributed by atoms with E-state index in [0.717, 1.165) is 11.1 Å². The van der Waals surface area contributed by atoms with Gasteiger partial charge in [0.05, 0.1) is 12.6 Å². The topological polar surface area (TPSA) is 84.5 Å². The maximum atomic E-state index is 12.6. The van der Waals surface area contributed by atoms with Crippen LogP contribution in [0, 0.1) is 5.92 Å². The van der Waals surface area contributed by atoms with Gasteiger partial charge in [-0.05, 0) is 23.5 Å². The van der Waals surface area contributed by atoms with Crippen molar-refractivity contribution >= 4 is 18.1 Å². The molecule has 6 nitrogen and oxygen atoms in total. The molecule has 0 heterocycles. The van der Waals surface area contributed by atoms with E-state index < -0.39 is 12.1 Å². The first-order valence-corrected chi connectivity index (χ1v) is 9.70. The molecule has 2 aromatic rings. The third-order valence-corrected chi connectivity index (χ3v) is 4.40. The van der Waals surface area contributed by atoms with Crippen molar-refractivity contribution in [3.05, 3.63) is 71.8 Å². The Balaban J connectivity index is 1.85. The predicted octanol–water partition coefficient (Wildman–Crippen LogP) is 2.27. The summed E-state index contributed by atoms with van der Waals surface area (Å²) in [5.74, 6) is -0.901. The van der Waals surface area contributed by atoms with Gasteiger partial charge < -0.3 is 20.2 Å². The van der Waals surface area contributed by atoms with Gasteiger partial charge in [0.1, 0.15) is 18.9 Å². The fraction of sp³-hybridized carbons (Fsp3) is 0.348. The summed E-state index contributed by atoms with van der Waals surface area (Å²) >= 11 is 0. The largest absolute Gasteiger partial charge is 0.367 e. The van der Waals surface area contributed by atoms with Gasteiger partial charge in [-0.15, -0.1) is 0 Å². The van der Waals surface area contributed by atoms with Crippen LogP contribution in [0.4, 0.5) is 0 Å². The highest BCUT2D eigenvalue weighted by Gasteiger charge is 2.26. The van der Waals surface area contributed by atoms with Crippen molar-refractivity contribution in [2.45, 2.75) is 39.0 Å². The number of hydrogen-bond acceptors (Lipinski definition) is 4. The maximum Gasteiger partial charge on any atom is 0.246 e. The first kappa shape index (κ1) is 22.3. The lowest BCUT2D eigenvalue weighted by molar-refractivity contribution is -0.133. The third-order valence-electron chi connectivity index (χ3n) is 4.40. The molecule has 2 aromatic carbocycles. The van der Waals surface area contributed by atoms with Crippen LogP contribution in [0.5, 0.6) is 0 Å². The van der Waals surface area contributed by atoms with Crippen LogP contribution >= 0.6 is 0 Å². The second-order valence-electron chi connectivity index (χ2n) is 7.21. The highest BCUT2D eigenvalue weighted by atomic mass is 16.5. The Morgan fingerprint density at radius 2 is 1.52 bits per heavy atom. The van der Waals surface area contributed by atoms with E-state index in [0.29, 0.717) is 19.3 Å². The van der Waals surface area contributed by atoms with Gasteiger partial charge in [-0.1, -0.05) is 74.5 Å². The van der Waals surface area contributed by atoms with Crippen LogP contribution in [-0.4, -0.2) is 36.8 Å². The number of carbonyl (C=O) groups is 3. The zero-order chi connectivity index (χ0) is 21.1. The molecule has 2 atom stereocenters. The number of rotatable bonds is 11. The summed E-state index contributed by atoms with van der Waals surface area (Å²) in [6, 6.07) is 17.6. The lowest BCUT2D eigenvalue weighted by Crippen LogP contribution is -2.53. The number of nitrogens with one attached hydrogen (secondary N) is 2. The summed E-state index contributed by atoms with van der Waals surface area (Å²) < 4.78 is 5.42. The van der Waals surface area contributed by atoms with E-state index in [9.17, 15) is 14.4 Å². The van der Waals surface area contributed by atoms with Crippen LogP contribution < -0.4 is 10.6 Å². The Labute approximate surface area is 171 Å². The number of benzene rings is 2. The quantitative estimate of drug-likeness (QED) is 0.571. The summed E-state index contributed by atoms with van der Waals surface area (Å²) in [5.41, 5.74) is 1.91. The molecule has 0 saturated carbocycles. The van der Waals surface area contributed by atoms with Crippen molar-refractivity contribution in [3.63, 3.8) is 0 Å². The highest BCUT2D eigenvalue weighted by Crippen LogP contribution is 2.06. The molecular formula is C23H28N2O4. The van der Waals surface area contributed by atoms with E-state index in [2.05, 4.69) is 10.6 Å². The van der Waals surface area contributed by atoms with E-state index in [-0.39, 0.29) is 24.3 Å². The normalized spacial score (nSPS) is 12.8. The van der Waals surface area contributed by atoms with E-state index in [1.165, 1.54) is 0 Å². The molecule has 0 aliphatic carbocycles. The predicted molar refractivity (Wildman–Crippen MR) is 111 cm³/mol. The van der Waals surface area contributed by atoms with Crippen molar-refractivity contribution in [2.24, 2.45) is 5.92 Å². The highest BCUT2D eigenvalue weighted by molar-refractivity contribution is 5.89. The van der Waals surface area contributed by atoms with E-state index >= 15 is 0 Å². The lowest BCUT2D eigenvalue weighted by atomic mass is 10.0. The summed E-state index contributed by atoms with van der Waals surface area (Å²) in [7, 11) is 0. The van der Waals surface area contributed by atoms with Gasteiger partial charge in [-0.2, -0.15) is 0 Å². The van der Waals surface area contributed by atoms with Crippen molar-refractivity contribution in [2.75, 3.05) is 6.61 Å². The van der Waals surface area contributed by atoms with E-state index in [1.54, 1.807) is 0 Å². The van der Waals surface area contributed by atoms with Gasteiger partial charge in [-0.25, -0.2) is 0 Å². The van der Waals surface area contributed by atoms with Crippen LogP contribution in [0.2, 0.25) is 0 Å². The SMILES string of the molecule is CC(C)[C@H](NC(=O)COCc1ccccc1)C(=O)NC(C=O)Cc1ccccc1. The average molecular weight is 396 g/mol. The van der Waals surface area contributed by atoms with Crippen LogP contribution in [0.15, 0.2) is 60.7 Å². The monoisotopic (exact) mass is 396 g/mol. The van der Waals surface area contributed by atoms with Gasteiger partial charge in [0.2, 0.25) is 11.8 Å². The van der Waals surface area contributed by atoms with E-state index in [4.69, 9.17) is 4.74 Å². The summed E-state index contributed by atoms with van der Waals surface area (Å²) in [4.78, 5) is 36.3. The molecule has 0 aliphatic heterocycles. The molecule has 0 bridgehead atoms. The van der Waals surface area contributed by atoms with Crippen LogP contribution in [0.1, 0.15) is 25.0 Å². The number of amides is 2. The second-order valence-corrected chi connectivity index (χ2v) is 7.21. The molecule has 1 unspecified atom stereocenters. The molecular weight excluding hydrogens is 368 g/mol. The molecule has 154 valence electrons. The fourth-order valence-electron chi connectivity index (χ4n) is 2.86. The molecule has 0 spiro atoms. The van der Waals surface area contributed by atoms with Crippen molar-refractivity contribution in [3.8, 4) is 0 Å². The van der Waals surface area contributed by atoms with Gasteiger partial charge >= 0.3 is 0 Å². The second kappa shape index (κ2) is 11.8. The lowest BCUT2D eigenvalue weighted by Gasteiger charge is -2.23. The Morgan fingerprint density at radius 3 is 2.07 bits per heavy atom. The van der Waals surface area contributed by atoms with Crippen molar-refractivity contribution in [1.29, 1.82) is 0 Å². The van der Waals surface area contributed by atoms with Gasteiger partial charge in [0.15, 0.2) is 0 Å². The zero-order valence-corrected chi connectivity index (χ0v) is 16.8. The third kappa shape index (κ3) is 7.87. The number of ether oxygens (including phenoxy) is 1. The summed E-state index contributed by atoms with van der Waals surface area (Å²) in [6.07, 6.45) is 1.11. The average Bonchev–Trinajstić information content (AvgIpc) is 2.72. The molecule has 0 saturated heterocycles. The standard InChI is InChI=1S/C23H28N2O4/c1-17(2)22(25-21(27)16-29-15-19-11-7-4-8-12-19)23(28)24-20(14-26)13-18-9-5-3-6-10-18/h3-12,14,17,20,22H,13,15-16H2,1-2H3,(H,24,28)(H,25,27)/t20?,22-/m0/s1. The molecule has 2 N–H and O–H groups in total. The number of carbonyl (C=O) groups excluding carboxylic acids is 3. The van der Waals surface area contributed by atoms with Gasteiger partial charge in [0.25, 0.3) is 0 Å². The zero-order valence-electron chi connectivity index (χ0n) is 16.8. The van der Waals surface area contributed by atoms with Crippen molar-refractivity contribution in [1.82, 2.24) is 10.6 Å². The Morgan fingerprint density at radius 1 is 0.931 bits per heavy atom. The molecule has 2 rings (SSSR count). The Hall–Kier alpha value is -2.99. The molecule has 0 aromatic heterocycles. The molecule has 0 fully saturated rings. The molecule has 29 heavy (non-hydrogen) atoms. The number of hydrogen-bond donors (Lipinski definition) is 2. The molecule has 0 aliphatic rings. The first-order chi connectivity index (χ1) is 14.0. The summed E-state index contributed by atoms with van der Waals surface area (Å²) in [6.45, 7) is 3.84. The fourth-order valence-corrected chi connectivity index (χ4v) is 2.86. The first-order valence-electron chi connectivity index (χ1n) is 9.70. The summed E-state index contributed by atoms with van der Waals surface area (Å²) in [5, 5.41) is 5.43. The molecule has 2 amide bonds. The smallest absolute Gasteiger partial charge is 0.246 e. The minimum absolute atomic E-state index is 0.142. The van der Waals surface area contributed by atoms with Crippen molar-refractivity contribution < 1.29 is 19.1 Å². The Bertz CT molecular complexity index is 778. The van der Waals surface area contributed by atoms with Crippen LogP contribution in [0.3, 0.4) is 0 Å².